The van der Waals surface area contributed by atoms with Gasteiger partial charge in [0.25, 0.3) is 0 Å². The number of hydrogen-bond donors (Lipinski definition) is 1. The molecule has 4 heteroatoms. The Hall–Kier alpha value is -2.20. The highest BCUT2D eigenvalue weighted by atomic mass is 16.5. The maximum atomic E-state index is 11.3. The smallest absolute Gasteiger partial charge is 0.337 e. The molecule has 0 saturated heterocycles. The van der Waals surface area contributed by atoms with E-state index in [0.717, 1.165) is 25.0 Å². The van der Waals surface area contributed by atoms with Gasteiger partial charge in [-0.3, -0.25) is 4.98 Å². The van der Waals surface area contributed by atoms with Gasteiger partial charge in [-0.2, -0.15) is 0 Å². The largest absolute Gasteiger partial charge is 0.478 e. The third-order valence-corrected chi connectivity index (χ3v) is 9.12. The minimum Gasteiger partial charge on any atom is -0.478 e. The van der Waals surface area contributed by atoms with Crippen LogP contribution in [-0.4, -0.2) is 23.2 Å². The fraction of sp³-hybridized carbons (Fsp3) is 0.571. The number of carboxylic acids is 1. The predicted molar refractivity (Wildman–Crippen MR) is 125 cm³/mol. The Labute approximate surface area is 191 Å². The summed E-state index contributed by atoms with van der Waals surface area (Å²) in [6, 6.07) is 8.52. The molecule has 2 aromatic rings. The third-order valence-electron chi connectivity index (χ3n) is 9.12. The second-order valence-corrected chi connectivity index (χ2v) is 11.7. The van der Waals surface area contributed by atoms with Crippen molar-refractivity contribution < 1.29 is 14.6 Å². The number of pyridine rings is 1. The molecule has 0 spiro atoms. The fourth-order valence-corrected chi connectivity index (χ4v) is 6.89. The molecule has 2 saturated carbocycles. The minimum absolute atomic E-state index is 0.139. The van der Waals surface area contributed by atoms with E-state index in [1.54, 1.807) is 13.2 Å². The van der Waals surface area contributed by atoms with Crippen LogP contribution in [0, 0.1) is 12.8 Å². The van der Waals surface area contributed by atoms with Crippen LogP contribution in [0.3, 0.4) is 0 Å². The normalized spacial score (nSPS) is 31.6. The number of hydrogen-bond acceptors (Lipinski definition) is 3. The highest BCUT2D eigenvalue weighted by molar-refractivity contribution is 5.87. The van der Waals surface area contributed by atoms with E-state index in [-0.39, 0.29) is 21.8 Å². The minimum atomic E-state index is -0.946. The summed E-state index contributed by atoms with van der Waals surface area (Å²) >= 11 is 0. The monoisotopic (exact) mass is 433 g/mol. The number of aromatic nitrogens is 1. The summed E-state index contributed by atoms with van der Waals surface area (Å²) in [5.41, 5.74) is 7.14. The van der Waals surface area contributed by atoms with Gasteiger partial charge in [0.15, 0.2) is 0 Å². The van der Waals surface area contributed by atoms with Crippen molar-refractivity contribution in [3.05, 3.63) is 64.0 Å². The van der Waals surface area contributed by atoms with Crippen LogP contribution in [0.5, 0.6) is 0 Å². The summed E-state index contributed by atoms with van der Waals surface area (Å²) in [6.45, 7) is 11.8. The van der Waals surface area contributed by atoms with Crippen molar-refractivity contribution in [3.8, 4) is 0 Å². The predicted octanol–water partition coefficient (Wildman–Crippen LogP) is 6.03. The van der Waals surface area contributed by atoms with E-state index < -0.39 is 11.6 Å². The number of aryl methyl sites for hydroxylation is 1. The first-order chi connectivity index (χ1) is 15.0. The summed E-state index contributed by atoms with van der Waals surface area (Å²) in [5, 5.41) is 9.25. The van der Waals surface area contributed by atoms with Gasteiger partial charge in [-0.25, -0.2) is 4.79 Å². The van der Waals surface area contributed by atoms with Gasteiger partial charge in [0.05, 0.1) is 11.3 Å². The molecule has 2 fully saturated rings. The topological polar surface area (TPSA) is 59.4 Å². The molecule has 3 aliphatic rings. The van der Waals surface area contributed by atoms with Gasteiger partial charge in [-0.1, -0.05) is 39.8 Å². The molecule has 1 aromatic heterocycles. The third kappa shape index (κ3) is 2.84. The molecule has 1 aromatic carbocycles. The number of ether oxygens (including phenoxy) is 1. The number of methoxy groups -OCH3 is 1. The number of fused-ring (bicyclic) bond motifs is 2. The summed E-state index contributed by atoms with van der Waals surface area (Å²) in [5.74, 6) is -0.572. The lowest BCUT2D eigenvalue weighted by Gasteiger charge is -2.43. The van der Waals surface area contributed by atoms with E-state index in [0.29, 0.717) is 5.92 Å². The number of aromatic carboxylic acids is 1. The zero-order valence-corrected chi connectivity index (χ0v) is 20.2. The Kier molecular flexibility index (Phi) is 4.50. The zero-order chi connectivity index (χ0) is 23.1. The lowest BCUT2D eigenvalue weighted by Crippen LogP contribution is -2.34. The van der Waals surface area contributed by atoms with E-state index in [9.17, 15) is 9.90 Å². The van der Waals surface area contributed by atoms with Crippen molar-refractivity contribution in [1.29, 1.82) is 0 Å². The molecule has 0 aliphatic heterocycles. The van der Waals surface area contributed by atoms with Gasteiger partial charge in [0.2, 0.25) is 0 Å². The second kappa shape index (κ2) is 6.66. The van der Waals surface area contributed by atoms with Crippen LogP contribution in [0.2, 0.25) is 0 Å². The van der Waals surface area contributed by atoms with Crippen LogP contribution >= 0.6 is 0 Å². The van der Waals surface area contributed by atoms with Gasteiger partial charge >= 0.3 is 5.97 Å². The van der Waals surface area contributed by atoms with Crippen LogP contribution in [0.1, 0.15) is 98.1 Å². The summed E-state index contributed by atoms with van der Waals surface area (Å²) in [7, 11) is 1.78. The van der Waals surface area contributed by atoms with E-state index in [1.807, 2.05) is 6.07 Å². The molecule has 1 N–H and O–H groups in total. The molecule has 0 amide bonds. The quantitative estimate of drug-likeness (QED) is 0.639. The molecule has 1 heterocycles. The number of nitrogens with zero attached hydrogens (tertiary/aromatic N) is 1. The van der Waals surface area contributed by atoms with Crippen molar-refractivity contribution in [2.24, 2.45) is 5.92 Å². The number of benzene rings is 1. The van der Waals surface area contributed by atoms with Crippen LogP contribution < -0.4 is 0 Å². The van der Waals surface area contributed by atoms with E-state index >= 15 is 0 Å². The van der Waals surface area contributed by atoms with Gasteiger partial charge in [-0.15, -0.1) is 0 Å². The lowest BCUT2D eigenvalue weighted by atomic mass is 9.62. The number of carboxylic acid groups (broad SMARTS) is 1. The van der Waals surface area contributed by atoms with Crippen molar-refractivity contribution >= 4 is 5.97 Å². The van der Waals surface area contributed by atoms with Crippen LogP contribution in [0.15, 0.2) is 30.5 Å². The Bertz CT molecular complexity index is 1100. The van der Waals surface area contributed by atoms with Crippen molar-refractivity contribution in [2.45, 2.75) is 88.6 Å². The van der Waals surface area contributed by atoms with E-state index in [1.165, 1.54) is 41.3 Å². The van der Waals surface area contributed by atoms with Gasteiger partial charge in [0, 0.05) is 24.6 Å². The van der Waals surface area contributed by atoms with Gasteiger partial charge < -0.3 is 9.84 Å². The Morgan fingerprint density at radius 2 is 1.66 bits per heavy atom. The molecule has 0 radical (unpaired) electrons. The van der Waals surface area contributed by atoms with Crippen LogP contribution in [0.4, 0.5) is 0 Å². The lowest BCUT2D eigenvalue weighted by molar-refractivity contribution is -0.0322. The average molecular weight is 434 g/mol. The molecule has 4 nitrogen and oxygen atoms in total. The average Bonchev–Trinajstić information content (AvgIpc) is 3.40. The SMILES string of the molecule is COC1(c2ccc(C(=O)O)cn2)CCC2(c3cc4c(cc3C)C(C)(C)CCC4(C)C)CC21. The first-order valence-electron chi connectivity index (χ1n) is 11.9. The highest BCUT2D eigenvalue weighted by Crippen LogP contribution is 2.72. The van der Waals surface area contributed by atoms with Crippen molar-refractivity contribution in [2.75, 3.05) is 7.11 Å². The maximum absolute atomic E-state index is 11.3. The van der Waals surface area contributed by atoms with Crippen LogP contribution in [-0.2, 0) is 26.6 Å². The maximum Gasteiger partial charge on any atom is 0.337 e. The Balaban J connectivity index is 1.56. The fourth-order valence-electron chi connectivity index (χ4n) is 6.89. The van der Waals surface area contributed by atoms with Crippen LogP contribution in [0.25, 0.3) is 0 Å². The Morgan fingerprint density at radius 1 is 1.00 bits per heavy atom. The summed E-state index contributed by atoms with van der Waals surface area (Å²) < 4.78 is 6.20. The molecule has 5 rings (SSSR count). The van der Waals surface area contributed by atoms with Gasteiger partial charge in [0.1, 0.15) is 5.60 Å². The van der Waals surface area contributed by atoms with Crippen molar-refractivity contribution in [1.82, 2.24) is 4.98 Å². The molecular weight excluding hydrogens is 398 g/mol. The number of carbonyl (C=O) groups is 1. The molecule has 3 unspecified atom stereocenters. The molecule has 32 heavy (non-hydrogen) atoms. The molecule has 170 valence electrons. The zero-order valence-electron chi connectivity index (χ0n) is 20.2. The highest BCUT2D eigenvalue weighted by Gasteiger charge is 2.70. The van der Waals surface area contributed by atoms with E-state index in [4.69, 9.17) is 4.74 Å². The van der Waals surface area contributed by atoms with Gasteiger partial charge in [-0.05, 0) is 84.2 Å². The first kappa shape index (κ1) is 21.6. The molecule has 0 bridgehead atoms. The standard InChI is InChI=1S/C28H35NO3/c1-17-13-20-21(26(4,5)10-9-25(20,2)3)14-19(17)27-11-12-28(32-6,22(27)15-27)23-8-7-18(16-29-23)24(30)31/h7-8,13-14,16,22H,9-12,15H2,1-6H3,(H,30,31). The Morgan fingerprint density at radius 3 is 2.19 bits per heavy atom. The van der Waals surface area contributed by atoms with Crippen molar-refractivity contribution in [3.63, 3.8) is 0 Å². The first-order valence-corrected chi connectivity index (χ1v) is 11.9. The second-order valence-electron chi connectivity index (χ2n) is 11.7. The van der Waals surface area contributed by atoms with E-state index in [2.05, 4.69) is 51.7 Å². The summed E-state index contributed by atoms with van der Waals surface area (Å²) in [4.78, 5) is 15.8. The molecular formula is C28H35NO3. The summed E-state index contributed by atoms with van der Waals surface area (Å²) in [6.07, 6.45) is 7.01. The molecule has 3 aliphatic carbocycles. The molecule has 3 atom stereocenters. The number of rotatable bonds is 4.